The van der Waals surface area contributed by atoms with E-state index >= 15 is 0 Å². The van der Waals surface area contributed by atoms with Gasteiger partial charge in [0.25, 0.3) is 5.78 Å². The first-order valence-corrected chi connectivity index (χ1v) is 13.5. The molecule has 0 saturated carbocycles. The van der Waals surface area contributed by atoms with Crippen LogP contribution in [0.25, 0.3) is 16.0 Å². The van der Waals surface area contributed by atoms with E-state index in [2.05, 4.69) is 4.98 Å². The van der Waals surface area contributed by atoms with Gasteiger partial charge in [0.2, 0.25) is 0 Å². The zero-order chi connectivity index (χ0) is 27.3. The molecule has 1 saturated heterocycles. The second-order valence-corrected chi connectivity index (χ2v) is 10.5. The third kappa shape index (κ3) is 4.28. The largest absolute Gasteiger partial charge is 0.507 e. The standard InChI is InChI=1S/C30H26N2O6S/c1-4-37-21-10-11-22-24(15-21)39-30(31-22)32-26(17-5-8-20(36-3)9-6-17)25(28(34)29(32)35)27(33)18-7-12-23-19(14-18)13-16(2)38-23/h5-12,14-16,26,33H,4,13H2,1-3H3/b27-25+/t16-,26-/m0/s1. The first-order valence-electron chi connectivity index (χ1n) is 12.7. The van der Waals surface area contributed by atoms with Crippen molar-refractivity contribution in [3.05, 3.63) is 82.9 Å². The van der Waals surface area contributed by atoms with Crippen molar-refractivity contribution < 1.29 is 28.9 Å². The van der Waals surface area contributed by atoms with Crippen molar-refractivity contribution in [1.29, 1.82) is 0 Å². The highest BCUT2D eigenvalue weighted by molar-refractivity contribution is 7.22. The number of carbonyl (C=O) groups excluding carboxylic acids is 2. The quantitative estimate of drug-likeness (QED) is 0.191. The molecule has 39 heavy (non-hydrogen) atoms. The van der Waals surface area contributed by atoms with Crippen molar-refractivity contribution in [1.82, 2.24) is 4.98 Å². The summed E-state index contributed by atoms with van der Waals surface area (Å²) in [5.41, 5.74) is 2.73. The Labute approximate surface area is 229 Å². The Morgan fingerprint density at radius 1 is 1.10 bits per heavy atom. The van der Waals surface area contributed by atoms with Crippen molar-refractivity contribution in [2.75, 3.05) is 18.6 Å². The minimum Gasteiger partial charge on any atom is -0.507 e. The Bertz CT molecular complexity index is 1640. The molecular formula is C30H26N2O6S. The van der Waals surface area contributed by atoms with Crippen LogP contribution >= 0.6 is 11.3 Å². The topological polar surface area (TPSA) is 98.2 Å². The van der Waals surface area contributed by atoms with Crippen LogP contribution in [0.4, 0.5) is 5.13 Å². The van der Waals surface area contributed by atoms with Gasteiger partial charge in [0.15, 0.2) is 5.13 Å². The van der Waals surface area contributed by atoms with E-state index in [9.17, 15) is 14.7 Å². The number of fused-ring (bicyclic) bond motifs is 2. The van der Waals surface area contributed by atoms with E-state index in [1.807, 2.05) is 38.1 Å². The van der Waals surface area contributed by atoms with Gasteiger partial charge in [-0.25, -0.2) is 4.98 Å². The number of Topliss-reactive ketones (excluding diaryl/α,β-unsaturated/α-hetero) is 1. The van der Waals surface area contributed by atoms with Gasteiger partial charge in [-0.3, -0.25) is 14.5 Å². The molecule has 2 aliphatic rings. The van der Waals surface area contributed by atoms with E-state index in [4.69, 9.17) is 14.2 Å². The molecule has 4 aromatic rings. The number of amides is 1. The molecule has 6 rings (SSSR count). The summed E-state index contributed by atoms with van der Waals surface area (Å²) in [5.74, 6) is 0.328. The summed E-state index contributed by atoms with van der Waals surface area (Å²) in [6.45, 7) is 4.41. The number of aliphatic hydroxyl groups excluding tert-OH is 1. The molecular weight excluding hydrogens is 516 g/mol. The molecule has 1 fully saturated rings. The van der Waals surface area contributed by atoms with E-state index in [1.165, 1.54) is 16.2 Å². The molecule has 1 N–H and O–H groups in total. The monoisotopic (exact) mass is 542 g/mol. The normalized spacial score (nSPS) is 19.8. The molecule has 0 aliphatic carbocycles. The number of thiazole rings is 1. The van der Waals surface area contributed by atoms with E-state index in [0.29, 0.717) is 46.3 Å². The van der Waals surface area contributed by atoms with Crippen LogP contribution < -0.4 is 19.1 Å². The zero-order valence-corrected chi connectivity index (χ0v) is 22.5. The van der Waals surface area contributed by atoms with Crippen molar-refractivity contribution in [3.8, 4) is 17.2 Å². The van der Waals surface area contributed by atoms with Crippen LogP contribution in [0.5, 0.6) is 17.2 Å². The minimum atomic E-state index is -0.883. The maximum atomic E-state index is 13.6. The lowest BCUT2D eigenvalue weighted by atomic mass is 9.94. The van der Waals surface area contributed by atoms with Gasteiger partial charge in [0.1, 0.15) is 29.1 Å². The van der Waals surface area contributed by atoms with Crippen LogP contribution in [0, 0.1) is 0 Å². The summed E-state index contributed by atoms with van der Waals surface area (Å²) >= 11 is 1.29. The molecule has 2 atom stereocenters. The number of ether oxygens (including phenoxy) is 3. The van der Waals surface area contributed by atoms with Gasteiger partial charge in [0, 0.05) is 12.0 Å². The van der Waals surface area contributed by atoms with Crippen molar-refractivity contribution in [2.24, 2.45) is 0 Å². The minimum absolute atomic E-state index is 0.00587. The molecule has 198 valence electrons. The van der Waals surface area contributed by atoms with E-state index in [-0.39, 0.29) is 17.4 Å². The van der Waals surface area contributed by atoms with Gasteiger partial charge in [-0.05, 0) is 73.5 Å². The lowest BCUT2D eigenvalue weighted by molar-refractivity contribution is -0.132. The summed E-state index contributed by atoms with van der Waals surface area (Å²) in [7, 11) is 1.57. The molecule has 2 aliphatic heterocycles. The Kier molecular flexibility index (Phi) is 6.23. The number of aromatic nitrogens is 1. The van der Waals surface area contributed by atoms with E-state index in [1.54, 1.807) is 43.5 Å². The number of benzene rings is 3. The molecule has 0 spiro atoms. The average Bonchev–Trinajstić information content (AvgIpc) is 3.60. The number of nitrogens with zero attached hydrogens (tertiary/aromatic N) is 2. The molecule has 3 aromatic carbocycles. The van der Waals surface area contributed by atoms with Gasteiger partial charge in [-0.2, -0.15) is 0 Å². The zero-order valence-electron chi connectivity index (χ0n) is 21.6. The third-order valence-electron chi connectivity index (χ3n) is 6.91. The fourth-order valence-electron chi connectivity index (χ4n) is 5.11. The predicted molar refractivity (Wildman–Crippen MR) is 149 cm³/mol. The second-order valence-electron chi connectivity index (χ2n) is 9.46. The lowest BCUT2D eigenvalue weighted by Crippen LogP contribution is -2.29. The summed E-state index contributed by atoms with van der Waals surface area (Å²) in [5, 5.41) is 11.9. The fourth-order valence-corrected chi connectivity index (χ4v) is 6.13. The Hall–Kier alpha value is -4.37. The number of hydrogen-bond acceptors (Lipinski definition) is 8. The van der Waals surface area contributed by atoms with Gasteiger partial charge in [-0.15, -0.1) is 0 Å². The van der Waals surface area contributed by atoms with Crippen LogP contribution in [0.15, 0.2) is 66.2 Å². The summed E-state index contributed by atoms with van der Waals surface area (Å²) in [6, 6.07) is 17.0. The predicted octanol–water partition coefficient (Wildman–Crippen LogP) is 5.65. The first kappa shape index (κ1) is 24.9. The number of hydrogen-bond donors (Lipinski definition) is 1. The van der Waals surface area contributed by atoms with Gasteiger partial charge < -0.3 is 19.3 Å². The van der Waals surface area contributed by atoms with Gasteiger partial charge >= 0.3 is 5.91 Å². The van der Waals surface area contributed by atoms with Crippen molar-refractivity contribution in [3.63, 3.8) is 0 Å². The smallest absolute Gasteiger partial charge is 0.301 e. The third-order valence-corrected chi connectivity index (χ3v) is 7.93. The fraction of sp³-hybridized carbons (Fsp3) is 0.233. The number of rotatable bonds is 6. The summed E-state index contributed by atoms with van der Waals surface area (Å²) in [6.07, 6.45) is 0.729. The van der Waals surface area contributed by atoms with Crippen LogP contribution in [-0.2, 0) is 16.0 Å². The Morgan fingerprint density at radius 3 is 2.62 bits per heavy atom. The highest BCUT2D eigenvalue weighted by Gasteiger charge is 2.48. The summed E-state index contributed by atoms with van der Waals surface area (Å²) < 4.78 is 17.5. The van der Waals surface area contributed by atoms with Crippen molar-refractivity contribution >= 4 is 44.1 Å². The molecule has 0 bridgehead atoms. The number of aliphatic hydroxyl groups is 1. The molecule has 3 heterocycles. The Morgan fingerprint density at radius 2 is 1.87 bits per heavy atom. The van der Waals surface area contributed by atoms with Gasteiger partial charge in [0.05, 0.1) is 35.5 Å². The molecule has 8 nitrogen and oxygen atoms in total. The molecule has 0 radical (unpaired) electrons. The lowest BCUT2D eigenvalue weighted by Gasteiger charge is -2.23. The van der Waals surface area contributed by atoms with Gasteiger partial charge in [-0.1, -0.05) is 23.5 Å². The first-order chi connectivity index (χ1) is 18.9. The average molecular weight is 543 g/mol. The second kappa shape index (κ2) is 9.74. The molecule has 9 heteroatoms. The number of carbonyl (C=O) groups is 2. The number of ketones is 1. The van der Waals surface area contributed by atoms with Crippen LogP contribution in [0.2, 0.25) is 0 Å². The van der Waals surface area contributed by atoms with Crippen LogP contribution in [0.3, 0.4) is 0 Å². The maximum absolute atomic E-state index is 13.6. The van der Waals surface area contributed by atoms with Crippen molar-refractivity contribution in [2.45, 2.75) is 32.4 Å². The summed E-state index contributed by atoms with van der Waals surface area (Å²) in [4.78, 5) is 33.2. The maximum Gasteiger partial charge on any atom is 0.301 e. The highest BCUT2D eigenvalue weighted by Crippen LogP contribution is 2.45. The molecule has 1 amide bonds. The highest BCUT2D eigenvalue weighted by atomic mass is 32.1. The number of anilines is 1. The van der Waals surface area contributed by atoms with Crippen LogP contribution in [0.1, 0.15) is 36.6 Å². The Balaban J connectivity index is 1.50. The molecule has 0 unspecified atom stereocenters. The SMILES string of the molecule is CCOc1ccc2nc(N3C(=O)C(=O)/C(=C(/O)c4ccc5c(c4)C[C@H](C)O5)[C@@H]3c3ccc(OC)cc3)sc2c1. The molecule has 1 aromatic heterocycles. The number of methoxy groups -OCH3 is 1. The van der Waals surface area contributed by atoms with E-state index < -0.39 is 17.7 Å². The van der Waals surface area contributed by atoms with E-state index in [0.717, 1.165) is 16.0 Å². The van der Waals surface area contributed by atoms with Crippen LogP contribution in [-0.4, -0.2) is 41.6 Å².